The number of benzene rings is 2. The normalized spacial score (nSPS) is 15.5. The van der Waals surface area contributed by atoms with E-state index in [0.717, 1.165) is 5.56 Å². The van der Waals surface area contributed by atoms with E-state index in [1.54, 1.807) is 17.0 Å². The lowest BCUT2D eigenvalue weighted by Gasteiger charge is -2.31. The third kappa shape index (κ3) is 4.51. The maximum absolute atomic E-state index is 12.6. The minimum atomic E-state index is -3.28. The SMILES string of the molecule is O=C(c1ccc([N+](=O)[O-])cc1)N1CCC(S(=O)(=O)Cc2ccccc2)CC1. The van der Waals surface area contributed by atoms with Crippen LogP contribution < -0.4 is 0 Å². The number of non-ortho nitro benzene ring substituents is 1. The summed E-state index contributed by atoms with van der Waals surface area (Å²) in [4.78, 5) is 24.3. The van der Waals surface area contributed by atoms with Crippen molar-refractivity contribution in [1.82, 2.24) is 4.90 Å². The van der Waals surface area contributed by atoms with E-state index in [0.29, 0.717) is 31.5 Å². The molecule has 0 spiro atoms. The minimum Gasteiger partial charge on any atom is -0.339 e. The highest BCUT2D eigenvalue weighted by Gasteiger charge is 2.32. The van der Waals surface area contributed by atoms with Gasteiger partial charge in [-0.05, 0) is 30.5 Å². The van der Waals surface area contributed by atoms with Crippen molar-refractivity contribution in [3.05, 3.63) is 75.8 Å². The Bertz CT molecular complexity index is 918. The zero-order valence-corrected chi connectivity index (χ0v) is 15.5. The molecule has 3 rings (SSSR count). The summed E-state index contributed by atoms with van der Waals surface area (Å²) in [6.07, 6.45) is 0.793. The fourth-order valence-electron chi connectivity index (χ4n) is 3.25. The molecule has 1 aliphatic rings. The van der Waals surface area contributed by atoms with Crippen LogP contribution in [0, 0.1) is 10.1 Å². The van der Waals surface area contributed by atoms with Crippen LogP contribution in [0.1, 0.15) is 28.8 Å². The van der Waals surface area contributed by atoms with Crippen molar-refractivity contribution in [3.63, 3.8) is 0 Å². The van der Waals surface area contributed by atoms with E-state index >= 15 is 0 Å². The molecule has 142 valence electrons. The van der Waals surface area contributed by atoms with Crippen LogP contribution in [0.15, 0.2) is 54.6 Å². The zero-order valence-electron chi connectivity index (χ0n) is 14.7. The van der Waals surface area contributed by atoms with Gasteiger partial charge >= 0.3 is 0 Å². The van der Waals surface area contributed by atoms with Gasteiger partial charge in [0.25, 0.3) is 11.6 Å². The van der Waals surface area contributed by atoms with Crippen LogP contribution in [-0.4, -0.2) is 42.5 Å². The summed E-state index contributed by atoms with van der Waals surface area (Å²) in [6, 6.07) is 14.5. The van der Waals surface area contributed by atoms with E-state index in [-0.39, 0.29) is 17.3 Å². The standard InChI is InChI=1S/C19H20N2O5S/c22-19(16-6-8-17(9-7-16)21(23)24)20-12-10-18(11-13-20)27(25,26)14-15-4-2-1-3-5-15/h1-9,18H,10-14H2. The lowest BCUT2D eigenvalue weighted by Crippen LogP contribution is -2.42. The topological polar surface area (TPSA) is 97.6 Å². The lowest BCUT2D eigenvalue weighted by molar-refractivity contribution is -0.384. The minimum absolute atomic E-state index is 0.00874. The lowest BCUT2D eigenvalue weighted by atomic mass is 10.1. The van der Waals surface area contributed by atoms with Crippen molar-refractivity contribution in [2.24, 2.45) is 0 Å². The van der Waals surface area contributed by atoms with Crippen LogP contribution in [0.4, 0.5) is 5.69 Å². The molecule has 2 aromatic rings. The molecule has 0 atom stereocenters. The zero-order chi connectivity index (χ0) is 19.4. The molecule has 27 heavy (non-hydrogen) atoms. The summed E-state index contributed by atoms with van der Waals surface area (Å²) in [5.74, 6) is -0.224. The molecule has 0 unspecified atom stereocenters. The molecular weight excluding hydrogens is 368 g/mol. The number of carbonyl (C=O) groups is 1. The monoisotopic (exact) mass is 388 g/mol. The highest BCUT2D eigenvalue weighted by atomic mass is 32.2. The second-order valence-electron chi connectivity index (χ2n) is 6.59. The van der Waals surface area contributed by atoms with Gasteiger partial charge in [0.2, 0.25) is 0 Å². The van der Waals surface area contributed by atoms with Gasteiger partial charge in [-0.2, -0.15) is 0 Å². The smallest absolute Gasteiger partial charge is 0.269 e. The van der Waals surface area contributed by atoms with Crippen molar-refractivity contribution in [2.75, 3.05) is 13.1 Å². The molecule has 0 aliphatic carbocycles. The second-order valence-corrected chi connectivity index (χ2v) is 8.87. The summed E-state index contributed by atoms with van der Waals surface area (Å²) in [6.45, 7) is 0.711. The van der Waals surface area contributed by atoms with Crippen molar-refractivity contribution in [1.29, 1.82) is 0 Å². The number of nitrogens with zero attached hydrogens (tertiary/aromatic N) is 2. The number of rotatable bonds is 5. The van der Waals surface area contributed by atoms with E-state index in [4.69, 9.17) is 0 Å². The van der Waals surface area contributed by atoms with Gasteiger partial charge in [0, 0.05) is 30.8 Å². The van der Waals surface area contributed by atoms with Crippen LogP contribution in [0.25, 0.3) is 0 Å². The van der Waals surface area contributed by atoms with Crippen LogP contribution in [0.3, 0.4) is 0 Å². The molecular formula is C19H20N2O5S. The first-order chi connectivity index (χ1) is 12.9. The highest BCUT2D eigenvalue weighted by Crippen LogP contribution is 2.23. The van der Waals surface area contributed by atoms with Crippen LogP contribution in [0.2, 0.25) is 0 Å². The fourth-order valence-corrected chi connectivity index (χ4v) is 5.07. The Morgan fingerprint density at radius 2 is 1.63 bits per heavy atom. The molecule has 0 saturated carbocycles. The molecule has 1 fully saturated rings. The molecule has 1 aliphatic heterocycles. The summed E-state index contributed by atoms with van der Waals surface area (Å²) in [5.41, 5.74) is 1.06. The average Bonchev–Trinajstić information content (AvgIpc) is 2.68. The molecule has 1 heterocycles. The summed E-state index contributed by atoms with van der Waals surface area (Å²) in [7, 11) is -3.28. The third-order valence-electron chi connectivity index (χ3n) is 4.77. The Hall–Kier alpha value is -2.74. The molecule has 1 amide bonds. The van der Waals surface area contributed by atoms with Gasteiger partial charge in [-0.25, -0.2) is 8.42 Å². The first kappa shape index (κ1) is 19.0. The summed E-state index contributed by atoms with van der Waals surface area (Å²) in [5, 5.41) is 10.2. The van der Waals surface area contributed by atoms with Gasteiger partial charge in [-0.1, -0.05) is 30.3 Å². The molecule has 8 heteroatoms. The van der Waals surface area contributed by atoms with E-state index in [1.165, 1.54) is 24.3 Å². The Morgan fingerprint density at radius 1 is 1.04 bits per heavy atom. The quantitative estimate of drug-likeness (QED) is 0.579. The first-order valence-corrected chi connectivity index (χ1v) is 10.4. The largest absolute Gasteiger partial charge is 0.339 e. The van der Waals surface area contributed by atoms with E-state index in [9.17, 15) is 23.3 Å². The first-order valence-electron chi connectivity index (χ1n) is 8.66. The maximum Gasteiger partial charge on any atom is 0.269 e. The van der Waals surface area contributed by atoms with Gasteiger partial charge in [0.1, 0.15) is 0 Å². The number of sulfone groups is 1. The van der Waals surface area contributed by atoms with Gasteiger partial charge < -0.3 is 4.90 Å². The number of amides is 1. The van der Waals surface area contributed by atoms with E-state index in [2.05, 4.69) is 0 Å². The number of hydrogen-bond acceptors (Lipinski definition) is 5. The predicted molar refractivity (Wildman–Crippen MR) is 101 cm³/mol. The number of likely N-dealkylation sites (tertiary alicyclic amines) is 1. The molecule has 0 N–H and O–H groups in total. The number of nitro groups is 1. The fraction of sp³-hybridized carbons (Fsp3) is 0.316. The van der Waals surface area contributed by atoms with E-state index < -0.39 is 20.0 Å². The third-order valence-corrected chi connectivity index (χ3v) is 7.00. The van der Waals surface area contributed by atoms with Crippen LogP contribution in [0.5, 0.6) is 0 Å². The van der Waals surface area contributed by atoms with Crippen molar-refractivity contribution in [2.45, 2.75) is 23.8 Å². The second kappa shape index (κ2) is 7.87. The Morgan fingerprint density at radius 3 is 2.19 bits per heavy atom. The molecule has 0 bridgehead atoms. The number of piperidine rings is 1. The molecule has 7 nitrogen and oxygen atoms in total. The van der Waals surface area contributed by atoms with Gasteiger partial charge in [-0.15, -0.1) is 0 Å². The van der Waals surface area contributed by atoms with Gasteiger partial charge in [0.15, 0.2) is 9.84 Å². The van der Waals surface area contributed by atoms with Crippen LogP contribution >= 0.6 is 0 Å². The average molecular weight is 388 g/mol. The molecule has 1 saturated heterocycles. The van der Waals surface area contributed by atoms with Crippen molar-refractivity contribution in [3.8, 4) is 0 Å². The Balaban J connectivity index is 1.61. The van der Waals surface area contributed by atoms with Gasteiger partial charge in [-0.3, -0.25) is 14.9 Å². The Labute approximate surface area is 157 Å². The molecule has 0 aromatic heterocycles. The molecule has 0 radical (unpaired) electrons. The number of nitro benzene ring substituents is 1. The summed E-state index contributed by atoms with van der Waals surface area (Å²) < 4.78 is 25.3. The van der Waals surface area contributed by atoms with Gasteiger partial charge in [0.05, 0.1) is 15.9 Å². The molecule has 2 aromatic carbocycles. The Kier molecular flexibility index (Phi) is 5.55. The summed E-state index contributed by atoms with van der Waals surface area (Å²) >= 11 is 0. The van der Waals surface area contributed by atoms with Crippen molar-refractivity contribution >= 4 is 21.4 Å². The number of carbonyl (C=O) groups excluding carboxylic acids is 1. The van der Waals surface area contributed by atoms with E-state index in [1.807, 2.05) is 18.2 Å². The van der Waals surface area contributed by atoms with Crippen molar-refractivity contribution < 1.29 is 18.1 Å². The van der Waals surface area contributed by atoms with Crippen LogP contribution in [-0.2, 0) is 15.6 Å². The number of hydrogen-bond donors (Lipinski definition) is 0. The highest BCUT2D eigenvalue weighted by molar-refractivity contribution is 7.91. The predicted octanol–water partition coefficient (Wildman–Crippen LogP) is 2.81. The maximum atomic E-state index is 12.6.